The molecule has 0 fully saturated rings. The minimum atomic E-state index is -0.855. The van der Waals surface area contributed by atoms with Crippen LogP contribution in [0.25, 0.3) is 11.1 Å². The summed E-state index contributed by atoms with van der Waals surface area (Å²) in [5, 5.41) is 8.12. The quantitative estimate of drug-likeness (QED) is 0.0918. The maximum Gasteiger partial charge on any atom is 0.260 e. The van der Waals surface area contributed by atoms with Crippen LogP contribution < -0.4 is 39.6 Å². The van der Waals surface area contributed by atoms with E-state index in [2.05, 4.69) is 16.0 Å². The van der Waals surface area contributed by atoms with Gasteiger partial charge in [0.25, 0.3) is 11.8 Å². The molecule has 0 saturated heterocycles. The number of benzene rings is 4. The Hall–Kier alpha value is -7.95. The van der Waals surface area contributed by atoms with Crippen LogP contribution in [-0.2, 0) is 14.4 Å². The number of amides is 5. The molecular weight excluding hydrogens is 883 g/mol. The SMILES string of the molecule is COc1ccc(C2=CN3C(=O)c4cc(OC)c(OCCCOc5cc6c(cc5OC)C(=O)N5C=C(c7ccc(NC(=O)[C@H](C)NC(=O)[C@@H](NC(C)=O)C(C)C)cc7)C[C@H]5C=N6)cc4N=C[C@@H]3C2)cc1. The first-order valence-corrected chi connectivity index (χ1v) is 22.7. The second kappa shape index (κ2) is 20.5. The van der Waals surface area contributed by atoms with E-state index in [1.54, 1.807) is 72.7 Å². The molecule has 0 spiro atoms. The molecule has 0 aliphatic carbocycles. The molecular formula is C52H55N7O10. The van der Waals surface area contributed by atoms with Crippen LogP contribution in [0.15, 0.2) is 95.2 Å². The molecule has 0 aromatic heterocycles. The smallest absolute Gasteiger partial charge is 0.260 e. The molecule has 8 rings (SSSR count). The average molecular weight is 938 g/mol. The van der Waals surface area contributed by atoms with Gasteiger partial charge in [0.1, 0.15) is 17.8 Å². The van der Waals surface area contributed by atoms with Gasteiger partial charge in [-0.1, -0.05) is 38.1 Å². The molecule has 4 aromatic carbocycles. The standard InChI is InChI=1S/C52H55N7O10/c1-29(2)48(56-31(4)60)50(62)55-30(3)49(61)57-36-13-9-32(10-14-36)34-19-37-25-53-42-23-46(44(66-6)21-40(42)51(63)58(37)27-34)68-17-8-18-69-47-24-43-41(22-45(47)67-7)52(64)59-28-35(20-38(59)26-54-43)33-11-15-39(65-5)16-12-33/h9-16,21-30,37-38,48H,8,17-20H2,1-7H3,(H,55,62)(H,56,60)(H,57,61)/t30-,37-,38-,48-/m0/s1. The molecule has 4 atom stereocenters. The lowest BCUT2D eigenvalue weighted by molar-refractivity contribution is -0.131. The summed E-state index contributed by atoms with van der Waals surface area (Å²) < 4.78 is 28.9. The van der Waals surface area contributed by atoms with Crippen LogP contribution in [0.2, 0.25) is 0 Å². The van der Waals surface area contributed by atoms with Crippen LogP contribution in [0, 0.1) is 5.92 Å². The topological polar surface area (TPSA) is 199 Å². The number of ether oxygens (including phenoxy) is 5. The first kappa shape index (κ1) is 47.5. The molecule has 17 heteroatoms. The van der Waals surface area contributed by atoms with Crippen molar-refractivity contribution in [3.05, 3.63) is 107 Å². The van der Waals surface area contributed by atoms with Crippen molar-refractivity contribution in [2.24, 2.45) is 15.9 Å². The number of rotatable bonds is 17. The number of hydrogen-bond acceptors (Lipinski definition) is 12. The molecule has 4 aliphatic rings. The molecule has 0 saturated carbocycles. The fourth-order valence-corrected chi connectivity index (χ4v) is 8.51. The number of anilines is 1. The monoisotopic (exact) mass is 937 g/mol. The molecule has 0 unspecified atom stereocenters. The second-order valence-corrected chi connectivity index (χ2v) is 17.4. The van der Waals surface area contributed by atoms with E-state index in [4.69, 9.17) is 33.7 Å². The summed E-state index contributed by atoms with van der Waals surface area (Å²) in [6.45, 7) is 7.06. The Morgan fingerprint density at radius 3 is 1.59 bits per heavy atom. The van der Waals surface area contributed by atoms with Crippen LogP contribution in [-0.4, -0.2) is 110 Å². The molecule has 4 aliphatic heterocycles. The van der Waals surface area contributed by atoms with E-state index in [1.807, 2.05) is 62.6 Å². The van der Waals surface area contributed by atoms with Crippen LogP contribution in [0.3, 0.4) is 0 Å². The van der Waals surface area contributed by atoms with Gasteiger partial charge in [-0.25, -0.2) is 0 Å². The van der Waals surface area contributed by atoms with Gasteiger partial charge in [-0.05, 0) is 71.5 Å². The summed E-state index contributed by atoms with van der Waals surface area (Å²) in [6.07, 6.45) is 8.88. The fraction of sp³-hybridized carbons (Fsp3) is 0.327. The van der Waals surface area contributed by atoms with Crippen molar-refractivity contribution >= 4 is 70.2 Å². The van der Waals surface area contributed by atoms with Crippen molar-refractivity contribution in [1.82, 2.24) is 20.4 Å². The van der Waals surface area contributed by atoms with Gasteiger partial charge in [0, 0.05) is 68.8 Å². The molecule has 0 radical (unpaired) electrons. The van der Waals surface area contributed by atoms with Crippen molar-refractivity contribution in [3.63, 3.8) is 0 Å². The highest BCUT2D eigenvalue weighted by atomic mass is 16.5. The van der Waals surface area contributed by atoms with Crippen LogP contribution in [0.5, 0.6) is 28.7 Å². The number of carbonyl (C=O) groups is 5. The van der Waals surface area contributed by atoms with E-state index in [0.29, 0.717) is 70.4 Å². The van der Waals surface area contributed by atoms with Crippen LogP contribution in [0.1, 0.15) is 78.8 Å². The number of aliphatic imine (C=N–C) groups is 2. The van der Waals surface area contributed by atoms with Crippen molar-refractivity contribution in [2.45, 2.75) is 71.1 Å². The molecule has 0 bridgehead atoms. The largest absolute Gasteiger partial charge is 0.497 e. The maximum absolute atomic E-state index is 14.0. The Morgan fingerprint density at radius 1 is 0.652 bits per heavy atom. The zero-order valence-electron chi connectivity index (χ0n) is 39.5. The summed E-state index contributed by atoms with van der Waals surface area (Å²) in [6, 6.07) is 19.5. The van der Waals surface area contributed by atoms with Gasteiger partial charge < -0.3 is 49.4 Å². The average Bonchev–Trinajstić information content (AvgIpc) is 3.93. The minimum Gasteiger partial charge on any atom is -0.497 e. The predicted octanol–water partition coefficient (Wildman–Crippen LogP) is 7.11. The van der Waals surface area contributed by atoms with Gasteiger partial charge >= 0.3 is 0 Å². The van der Waals surface area contributed by atoms with E-state index >= 15 is 0 Å². The van der Waals surface area contributed by atoms with Crippen LogP contribution >= 0.6 is 0 Å². The molecule has 17 nitrogen and oxygen atoms in total. The van der Waals surface area contributed by atoms with Gasteiger partial charge in [-0.15, -0.1) is 0 Å². The lowest BCUT2D eigenvalue weighted by Crippen LogP contribution is -2.53. The highest BCUT2D eigenvalue weighted by Crippen LogP contribution is 2.42. The molecule has 69 heavy (non-hydrogen) atoms. The third kappa shape index (κ3) is 10.3. The molecule has 358 valence electrons. The summed E-state index contributed by atoms with van der Waals surface area (Å²) >= 11 is 0. The van der Waals surface area contributed by atoms with Gasteiger partial charge in [0.15, 0.2) is 23.0 Å². The lowest BCUT2D eigenvalue weighted by Gasteiger charge is -2.23. The van der Waals surface area contributed by atoms with Gasteiger partial charge in [0.05, 0.1) is 69.1 Å². The fourth-order valence-electron chi connectivity index (χ4n) is 8.51. The van der Waals surface area contributed by atoms with E-state index in [0.717, 1.165) is 28.0 Å². The van der Waals surface area contributed by atoms with Gasteiger partial charge in [0.2, 0.25) is 17.7 Å². The van der Waals surface area contributed by atoms with E-state index in [1.165, 1.54) is 21.1 Å². The summed E-state index contributed by atoms with van der Waals surface area (Å²) in [5.41, 5.74) is 6.08. The Bertz CT molecular complexity index is 2780. The third-order valence-corrected chi connectivity index (χ3v) is 12.3. The van der Waals surface area contributed by atoms with E-state index in [9.17, 15) is 24.0 Å². The first-order valence-electron chi connectivity index (χ1n) is 22.7. The predicted molar refractivity (Wildman–Crippen MR) is 261 cm³/mol. The Labute approximate surface area is 400 Å². The molecule has 3 N–H and O–H groups in total. The van der Waals surface area contributed by atoms with Crippen molar-refractivity contribution in [3.8, 4) is 28.7 Å². The number of carbonyl (C=O) groups excluding carboxylic acids is 5. The highest BCUT2D eigenvalue weighted by molar-refractivity contribution is 6.07. The van der Waals surface area contributed by atoms with Crippen LogP contribution in [0.4, 0.5) is 17.1 Å². The van der Waals surface area contributed by atoms with E-state index in [-0.39, 0.29) is 48.9 Å². The second-order valence-electron chi connectivity index (χ2n) is 17.4. The molecule has 4 aromatic rings. The Morgan fingerprint density at radius 2 is 1.14 bits per heavy atom. The molecule has 4 heterocycles. The Balaban J connectivity index is 0.855. The maximum atomic E-state index is 14.0. The summed E-state index contributed by atoms with van der Waals surface area (Å²) in [5.74, 6) is 0.640. The zero-order valence-corrected chi connectivity index (χ0v) is 39.5. The van der Waals surface area contributed by atoms with Gasteiger partial charge in [-0.3, -0.25) is 34.0 Å². The third-order valence-electron chi connectivity index (χ3n) is 12.3. The number of methoxy groups -OCH3 is 3. The number of fused-ring (bicyclic) bond motifs is 4. The highest BCUT2D eigenvalue weighted by Gasteiger charge is 2.35. The number of nitrogens with one attached hydrogen (secondary N) is 3. The normalized spacial score (nSPS) is 17.5. The molecule has 5 amide bonds. The Kier molecular flexibility index (Phi) is 14.1. The van der Waals surface area contributed by atoms with Crippen molar-refractivity contribution < 1.29 is 47.7 Å². The summed E-state index contributed by atoms with van der Waals surface area (Å²) in [7, 11) is 4.66. The zero-order chi connectivity index (χ0) is 48.9. The lowest BCUT2D eigenvalue weighted by atomic mass is 10.0. The van der Waals surface area contributed by atoms with Crippen molar-refractivity contribution in [1.29, 1.82) is 0 Å². The number of nitrogens with zero attached hydrogens (tertiary/aromatic N) is 4. The van der Waals surface area contributed by atoms with Crippen molar-refractivity contribution in [2.75, 3.05) is 39.9 Å². The minimum absolute atomic E-state index is 0.167. The van der Waals surface area contributed by atoms with Gasteiger partial charge in [-0.2, -0.15) is 0 Å². The summed E-state index contributed by atoms with van der Waals surface area (Å²) in [4.78, 5) is 77.9. The van der Waals surface area contributed by atoms with E-state index < -0.39 is 23.9 Å². The number of hydrogen-bond donors (Lipinski definition) is 3. The first-order chi connectivity index (χ1) is 33.2.